The minimum absolute atomic E-state index is 0.0711. The summed E-state index contributed by atoms with van der Waals surface area (Å²) in [6.45, 7) is 0.676. The zero-order valence-corrected chi connectivity index (χ0v) is 15.0. The van der Waals surface area contributed by atoms with E-state index in [9.17, 15) is 13.2 Å². The first-order chi connectivity index (χ1) is 11.0. The maximum Gasteiger partial charge on any atom is 0.263 e. The van der Waals surface area contributed by atoms with Gasteiger partial charge in [-0.1, -0.05) is 0 Å². The van der Waals surface area contributed by atoms with Crippen LogP contribution in [0, 0.1) is 3.57 Å². The van der Waals surface area contributed by atoms with Crippen LogP contribution in [0.3, 0.4) is 0 Å². The Morgan fingerprint density at radius 2 is 1.87 bits per heavy atom. The molecular formula is C15H14IN3O3S. The second kappa shape index (κ2) is 6.44. The van der Waals surface area contributed by atoms with E-state index in [1.54, 1.807) is 35.4 Å². The molecule has 3 rings (SSSR count). The van der Waals surface area contributed by atoms with Crippen molar-refractivity contribution in [2.75, 3.05) is 16.2 Å². The molecule has 0 atom stereocenters. The van der Waals surface area contributed by atoms with Crippen molar-refractivity contribution in [2.24, 2.45) is 0 Å². The Kier molecular flexibility index (Phi) is 4.53. The molecule has 0 aliphatic carbocycles. The van der Waals surface area contributed by atoms with Crippen LogP contribution >= 0.6 is 22.6 Å². The SMILES string of the molecule is O=C1CCCN1c1ccc(S(=O)(=O)Nc2ccc(I)cn2)cc1. The molecule has 1 aromatic heterocycles. The fraction of sp³-hybridized carbons (Fsp3) is 0.200. The predicted molar refractivity (Wildman–Crippen MR) is 95.8 cm³/mol. The maximum absolute atomic E-state index is 12.3. The van der Waals surface area contributed by atoms with Crippen LogP contribution in [-0.4, -0.2) is 25.9 Å². The number of carbonyl (C=O) groups excluding carboxylic acids is 1. The Labute approximate surface area is 148 Å². The molecular weight excluding hydrogens is 429 g/mol. The minimum Gasteiger partial charge on any atom is -0.312 e. The van der Waals surface area contributed by atoms with Gasteiger partial charge in [0.25, 0.3) is 10.0 Å². The molecule has 1 aliphatic heterocycles. The Balaban J connectivity index is 1.80. The van der Waals surface area contributed by atoms with Crippen LogP contribution in [0.15, 0.2) is 47.5 Å². The first kappa shape index (κ1) is 16.2. The Morgan fingerprint density at radius 3 is 2.43 bits per heavy atom. The maximum atomic E-state index is 12.3. The zero-order valence-electron chi connectivity index (χ0n) is 12.1. The number of carbonyl (C=O) groups is 1. The Hall–Kier alpha value is -1.68. The number of hydrogen-bond acceptors (Lipinski definition) is 4. The second-order valence-corrected chi connectivity index (χ2v) is 8.04. The summed E-state index contributed by atoms with van der Waals surface area (Å²) in [6, 6.07) is 9.67. The monoisotopic (exact) mass is 443 g/mol. The van der Waals surface area contributed by atoms with Gasteiger partial charge in [-0.25, -0.2) is 13.4 Å². The summed E-state index contributed by atoms with van der Waals surface area (Å²) in [6.07, 6.45) is 2.96. The molecule has 1 aliphatic rings. The number of rotatable bonds is 4. The average Bonchev–Trinajstić information content (AvgIpc) is 2.96. The van der Waals surface area contributed by atoms with Gasteiger partial charge in [-0.3, -0.25) is 9.52 Å². The van der Waals surface area contributed by atoms with Crippen molar-refractivity contribution in [3.8, 4) is 0 Å². The molecule has 0 radical (unpaired) electrons. The molecule has 0 unspecified atom stereocenters. The second-order valence-electron chi connectivity index (χ2n) is 5.11. The van der Waals surface area contributed by atoms with E-state index >= 15 is 0 Å². The van der Waals surface area contributed by atoms with Crippen LogP contribution in [0.5, 0.6) is 0 Å². The molecule has 2 heterocycles. The summed E-state index contributed by atoms with van der Waals surface area (Å²) in [4.78, 5) is 17.5. The van der Waals surface area contributed by atoms with Crippen molar-refractivity contribution in [3.05, 3.63) is 46.2 Å². The molecule has 6 nitrogen and oxygen atoms in total. The van der Waals surface area contributed by atoms with Crippen molar-refractivity contribution in [3.63, 3.8) is 0 Å². The number of aromatic nitrogens is 1. The third kappa shape index (κ3) is 3.63. The number of hydrogen-bond donors (Lipinski definition) is 1. The Bertz CT molecular complexity index is 820. The molecule has 1 saturated heterocycles. The van der Waals surface area contributed by atoms with Gasteiger partial charge in [0.1, 0.15) is 5.82 Å². The topological polar surface area (TPSA) is 79.4 Å². The van der Waals surface area contributed by atoms with Crippen molar-refractivity contribution >= 4 is 50.0 Å². The van der Waals surface area contributed by atoms with E-state index in [0.29, 0.717) is 13.0 Å². The van der Waals surface area contributed by atoms with Gasteiger partial charge in [0.05, 0.1) is 4.90 Å². The fourth-order valence-corrected chi connectivity index (χ4v) is 3.69. The van der Waals surface area contributed by atoms with E-state index in [1.165, 1.54) is 12.1 Å². The summed E-state index contributed by atoms with van der Waals surface area (Å²) in [5, 5.41) is 0. The van der Waals surface area contributed by atoms with Crippen molar-refractivity contribution in [1.82, 2.24) is 4.98 Å². The van der Waals surface area contributed by atoms with Gasteiger partial charge in [0, 0.05) is 28.4 Å². The summed E-state index contributed by atoms with van der Waals surface area (Å²) >= 11 is 2.10. The molecule has 23 heavy (non-hydrogen) atoms. The lowest BCUT2D eigenvalue weighted by Crippen LogP contribution is -2.23. The number of amides is 1. The Morgan fingerprint density at radius 1 is 1.13 bits per heavy atom. The van der Waals surface area contributed by atoms with Gasteiger partial charge in [-0.2, -0.15) is 0 Å². The smallest absolute Gasteiger partial charge is 0.263 e. The number of benzene rings is 1. The lowest BCUT2D eigenvalue weighted by Gasteiger charge is -2.16. The van der Waals surface area contributed by atoms with Crippen molar-refractivity contribution in [2.45, 2.75) is 17.7 Å². The highest BCUT2D eigenvalue weighted by Gasteiger charge is 2.22. The average molecular weight is 443 g/mol. The molecule has 1 amide bonds. The third-order valence-electron chi connectivity index (χ3n) is 3.50. The summed E-state index contributed by atoms with van der Waals surface area (Å²) in [5.74, 6) is 0.339. The van der Waals surface area contributed by atoms with Crippen molar-refractivity contribution < 1.29 is 13.2 Å². The molecule has 1 N–H and O–H groups in total. The molecule has 2 aromatic rings. The van der Waals surface area contributed by atoms with E-state index in [-0.39, 0.29) is 16.6 Å². The van der Waals surface area contributed by atoms with Crippen LogP contribution in [0.1, 0.15) is 12.8 Å². The first-order valence-corrected chi connectivity index (χ1v) is 9.57. The lowest BCUT2D eigenvalue weighted by molar-refractivity contribution is -0.117. The molecule has 0 saturated carbocycles. The fourth-order valence-electron chi connectivity index (χ4n) is 2.36. The van der Waals surface area contributed by atoms with Gasteiger partial charge in [0.2, 0.25) is 5.91 Å². The molecule has 1 fully saturated rings. The van der Waals surface area contributed by atoms with Gasteiger partial charge in [-0.15, -0.1) is 0 Å². The highest BCUT2D eigenvalue weighted by atomic mass is 127. The van der Waals surface area contributed by atoms with Crippen molar-refractivity contribution in [1.29, 1.82) is 0 Å². The standard InChI is InChI=1S/C15H14IN3O3S/c16-11-3-8-14(17-10-11)18-23(21,22)13-6-4-12(5-7-13)19-9-1-2-15(19)20/h3-8,10H,1-2,9H2,(H,17,18). The largest absolute Gasteiger partial charge is 0.312 e. The summed E-state index contributed by atoms with van der Waals surface area (Å²) in [5.41, 5.74) is 0.721. The number of nitrogens with zero attached hydrogens (tertiary/aromatic N) is 2. The van der Waals surface area contributed by atoms with E-state index in [4.69, 9.17) is 0 Å². The zero-order chi connectivity index (χ0) is 16.4. The van der Waals surface area contributed by atoms with E-state index < -0.39 is 10.0 Å². The highest BCUT2D eigenvalue weighted by molar-refractivity contribution is 14.1. The van der Waals surface area contributed by atoms with E-state index in [0.717, 1.165) is 15.7 Å². The molecule has 0 bridgehead atoms. The van der Waals surface area contributed by atoms with Crippen LogP contribution in [-0.2, 0) is 14.8 Å². The van der Waals surface area contributed by atoms with Gasteiger partial charge < -0.3 is 4.90 Å². The first-order valence-electron chi connectivity index (χ1n) is 7.00. The predicted octanol–water partition coefficient (Wildman–Crippen LogP) is 2.61. The number of halogens is 1. The summed E-state index contributed by atoms with van der Waals surface area (Å²) in [7, 11) is -3.70. The summed E-state index contributed by atoms with van der Waals surface area (Å²) < 4.78 is 28.1. The molecule has 1 aromatic carbocycles. The van der Waals surface area contributed by atoms with Crippen LogP contribution in [0.25, 0.3) is 0 Å². The van der Waals surface area contributed by atoms with Crippen LogP contribution in [0.2, 0.25) is 0 Å². The van der Waals surface area contributed by atoms with E-state index in [1.807, 2.05) is 0 Å². The van der Waals surface area contributed by atoms with Gasteiger partial charge in [-0.05, 0) is 65.4 Å². The van der Waals surface area contributed by atoms with E-state index in [2.05, 4.69) is 32.3 Å². The lowest BCUT2D eigenvalue weighted by atomic mass is 10.3. The molecule has 0 spiro atoms. The van der Waals surface area contributed by atoms with Gasteiger partial charge >= 0.3 is 0 Å². The van der Waals surface area contributed by atoms with Crippen LogP contribution in [0.4, 0.5) is 11.5 Å². The number of sulfonamides is 1. The number of anilines is 2. The molecule has 8 heteroatoms. The normalized spacial score (nSPS) is 15.0. The minimum atomic E-state index is -3.70. The number of pyridine rings is 1. The highest BCUT2D eigenvalue weighted by Crippen LogP contribution is 2.23. The quantitative estimate of drug-likeness (QED) is 0.738. The number of nitrogens with one attached hydrogen (secondary N) is 1. The van der Waals surface area contributed by atoms with Gasteiger partial charge in [0.15, 0.2) is 0 Å². The van der Waals surface area contributed by atoms with Crippen LogP contribution < -0.4 is 9.62 Å². The third-order valence-corrected chi connectivity index (χ3v) is 5.51. The molecule has 120 valence electrons.